The summed E-state index contributed by atoms with van der Waals surface area (Å²) in [4.78, 5) is 34.1. The van der Waals surface area contributed by atoms with Crippen LogP contribution in [0.5, 0.6) is 0 Å². The van der Waals surface area contributed by atoms with E-state index in [9.17, 15) is 14.4 Å². The number of carboxylic acid groups (broad SMARTS) is 1. The Labute approximate surface area is 117 Å². The monoisotopic (exact) mass is 291 g/mol. The van der Waals surface area contributed by atoms with Crippen molar-refractivity contribution in [2.45, 2.75) is 38.9 Å². The van der Waals surface area contributed by atoms with Gasteiger partial charge in [-0.05, 0) is 12.8 Å². The Hall–Kier alpha value is -1.28. The number of nitrogens with one attached hydrogen (secondary N) is 2. The van der Waals surface area contributed by atoms with Crippen LogP contribution in [0.15, 0.2) is 0 Å². The maximum Gasteiger partial charge on any atom is 0.327 e. The smallest absolute Gasteiger partial charge is 0.327 e. The van der Waals surface area contributed by atoms with E-state index in [1.54, 1.807) is 13.8 Å². The minimum absolute atomic E-state index is 0.0345. The van der Waals surface area contributed by atoms with Crippen LogP contribution >= 0.6 is 12.6 Å². The SMILES string of the molecule is CC(C)[C@H](N)C(=O)N[C@@H](C)C(=O)N[C@@H](CS)C(=O)O. The van der Waals surface area contributed by atoms with Crippen LogP contribution in [0.4, 0.5) is 0 Å². The van der Waals surface area contributed by atoms with E-state index in [1.165, 1.54) is 6.92 Å². The van der Waals surface area contributed by atoms with Crippen molar-refractivity contribution in [2.75, 3.05) is 5.75 Å². The molecule has 0 aromatic rings. The molecule has 0 aliphatic heterocycles. The van der Waals surface area contributed by atoms with Crippen molar-refractivity contribution in [2.24, 2.45) is 11.7 Å². The fourth-order valence-electron chi connectivity index (χ4n) is 1.16. The van der Waals surface area contributed by atoms with Crippen LogP contribution in [0.2, 0.25) is 0 Å². The van der Waals surface area contributed by atoms with E-state index in [4.69, 9.17) is 10.8 Å². The molecule has 19 heavy (non-hydrogen) atoms. The third-order valence-corrected chi connectivity index (χ3v) is 2.94. The Bertz CT molecular complexity index is 349. The molecule has 0 aromatic heterocycles. The van der Waals surface area contributed by atoms with E-state index in [2.05, 4.69) is 23.3 Å². The van der Waals surface area contributed by atoms with Crippen LogP contribution in [0, 0.1) is 5.92 Å². The lowest BCUT2D eigenvalue weighted by Crippen LogP contribution is -2.54. The van der Waals surface area contributed by atoms with Gasteiger partial charge in [-0.2, -0.15) is 12.6 Å². The second-order valence-corrected chi connectivity index (χ2v) is 4.95. The van der Waals surface area contributed by atoms with E-state index >= 15 is 0 Å². The Kier molecular flexibility index (Phi) is 7.47. The molecule has 0 saturated heterocycles. The highest BCUT2D eigenvalue weighted by atomic mass is 32.1. The minimum atomic E-state index is -1.18. The van der Waals surface area contributed by atoms with Crippen molar-refractivity contribution < 1.29 is 19.5 Å². The molecule has 0 aromatic carbocycles. The zero-order valence-corrected chi connectivity index (χ0v) is 12.1. The number of aliphatic carboxylic acids is 1. The number of thiol groups is 1. The fourth-order valence-corrected chi connectivity index (χ4v) is 1.41. The molecule has 0 rings (SSSR count). The summed E-state index contributed by atoms with van der Waals surface area (Å²) in [7, 11) is 0. The first kappa shape index (κ1) is 17.7. The van der Waals surface area contributed by atoms with Gasteiger partial charge in [0.25, 0.3) is 0 Å². The summed E-state index contributed by atoms with van der Waals surface area (Å²) in [6.07, 6.45) is 0. The second kappa shape index (κ2) is 8.00. The Morgan fingerprint density at radius 1 is 1.16 bits per heavy atom. The molecule has 110 valence electrons. The van der Waals surface area contributed by atoms with Crippen molar-refractivity contribution in [3.8, 4) is 0 Å². The van der Waals surface area contributed by atoms with Crippen LogP contribution in [-0.4, -0.2) is 46.8 Å². The zero-order chi connectivity index (χ0) is 15.2. The van der Waals surface area contributed by atoms with E-state index in [0.717, 1.165) is 0 Å². The summed E-state index contributed by atoms with van der Waals surface area (Å²) in [6, 6.07) is -2.66. The topological polar surface area (TPSA) is 122 Å². The van der Waals surface area contributed by atoms with Gasteiger partial charge < -0.3 is 21.5 Å². The van der Waals surface area contributed by atoms with Gasteiger partial charge in [-0.1, -0.05) is 13.8 Å². The van der Waals surface area contributed by atoms with Crippen LogP contribution in [0.3, 0.4) is 0 Å². The first-order valence-corrected chi connectivity index (χ1v) is 6.54. The summed E-state index contributed by atoms with van der Waals surface area (Å²) < 4.78 is 0. The van der Waals surface area contributed by atoms with E-state index in [0.29, 0.717) is 0 Å². The molecule has 0 spiro atoms. The summed E-state index contributed by atoms with van der Waals surface area (Å²) in [5.41, 5.74) is 5.63. The predicted molar refractivity (Wildman–Crippen MR) is 73.8 cm³/mol. The highest BCUT2D eigenvalue weighted by Crippen LogP contribution is 1.99. The maximum atomic E-state index is 11.7. The van der Waals surface area contributed by atoms with Crippen LogP contribution in [0.1, 0.15) is 20.8 Å². The highest BCUT2D eigenvalue weighted by Gasteiger charge is 2.25. The van der Waals surface area contributed by atoms with Gasteiger partial charge >= 0.3 is 5.97 Å². The average Bonchev–Trinajstić information content (AvgIpc) is 2.33. The van der Waals surface area contributed by atoms with Gasteiger partial charge in [0, 0.05) is 5.75 Å². The number of hydrogen-bond acceptors (Lipinski definition) is 5. The zero-order valence-electron chi connectivity index (χ0n) is 11.2. The Morgan fingerprint density at radius 2 is 1.68 bits per heavy atom. The standard InChI is InChI=1S/C11H21N3O4S/c1-5(2)8(12)10(16)13-6(3)9(15)14-7(4-19)11(17)18/h5-8,19H,4,12H2,1-3H3,(H,13,16)(H,14,15)(H,17,18)/t6-,7-,8-/m0/s1. The van der Waals surface area contributed by atoms with Gasteiger partial charge in [0.15, 0.2) is 0 Å². The quantitative estimate of drug-likeness (QED) is 0.384. The van der Waals surface area contributed by atoms with Crippen LogP contribution < -0.4 is 16.4 Å². The highest BCUT2D eigenvalue weighted by molar-refractivity contribution is 7.80. The third kappa shape index (κ3) is 5.93. The average molecular weight is 291 g/mol. The molecular formula is C11H21N3O4S. The molecule has 0 fully saturated rings. The minimum Gasteiger partial charge on any atom is -0.480 e. The normalized spacial score (nSPS) is 15.5. The van der Waals surface area contributed by atoms with E-state index in [1.807, 2.05) is 0 Å². The number of carboxylic acids is 1. The molecule has 0 radical (unpaired) electrons. The summed E-state index contributed by atoms with van der Waals surface area (Å²) in [6.45, 7) is 5.03. The van der Waals surface area contributed by atoms with Gasteiger partial charge in [0.05, 0.1) is 6.04 Å². The van der Waals surface area contributed by atoms with Crippen molar-refractivity contribution in [3.63, 3.8) is 0 Å². The lowest BCUT2D eigenvalue weighted by Gasteiger charge is -2.20. The maximum absolute atomic E-state index is 11.7. The Balaban J connectivity index is 4.42. The van der Waals surface area contributed by atoms with Crippen molar-refractivity contribution >= 4 is 30.4 Å². The van der Waals surface area contributed by atoms with Crippen molar-refractivity contribution in [3.05, 3.63) is 0 Å². The van der Waals surface area contributed by atoms with Gasteiger partial charge in [-0.3, -0.25) is 9.59 Å². The number of nitrogens with two attached hydrogens (primary N) is 1. The van der Waals surface area contributed by atoms with Crippen molar-refractivity contribution in [1.82, 2.24) is 10.6 Å². The summed E-state index contributed by atoms with van der Waals surface area (Å²) in [5.74, 6) is -2.31. The molecule has 2 amide bonds. The number of carbonyl (C=O) groups excluding carboxylic acids is 2. The molecule has 8 heteroatoms. The van der Waals surface area contributed by atoms with Gasteiger partial charge in [-0.15, -0.1) is 0 Å². The molecule has 0 aliphatic rings. The second-order valence-electron chi connectivity index (χ2n) is 4.58. The first-order chi connectivity index (χ1) is 8.70. The molecule has 0 unspecified atom stereocenters. The van der Waals surface area contributed by atoms with E-state index in [-0.39, 0.29) is 11.7 Å². The first-order valence-electron chi connectivity index (χ1n) is 5.90. The third-order valence-electron chi connectivity index (χ3n) is 2.57. The van der Waals surface area contributed by atoms with Crippen molar-refractivity contribution in [1.29, 1.82) is 0 Å². The molecule has 0 saturated carbocycles. The fraction of sp³-hybridized carbons (Fsp3) is 0.727. The molecule has 7 nitrogen and oxygen atoms in total. The van der Waals surface area contributed by atoms with Gasteiger partial charge in [0.1, 0.15) is 12.1 Å². The molecule has 0 bridgehead atoms. The molecular weight excluding hydrogens is 270 g/mol. The molecule has 3 atom stereocenters. The molecule has 5 N–H and O–H groups in total. The Morgan fingerprint density at radius 3 is 2.05 bits per heavy atom. The lowest BCUT2D eigenvalue weighted by atomic mass is 10.0. The van der Waals surface area contributed by atoms with E-state index < -0.39 is 35.9 Å². The number of hydrogen-bond donors (Lipinski definition) is 5. The molecule has 0 heterocycles. The number of amides is 2. The summed E-state index contributed by atoms with van der Waals surface area (Å²) in [5, 5.41) is 13.5. The summed E-state index contributed by atoms with van der Waals surface area (Å²) >= 11 is 3.82. The number of rotatable bonds is 7. The predicted octanol–water partition coefficient (Wildman–Crippen LogP) is -1.03. The van der Waals surface area contributed by atoms with Gasteiger partial charge in [-0.25, -0.2) is 4.79 Å². The van der Waals surface area contributed by atoms with Crippen LogP contribution in [0.25, 0.3) is 0 Å². The lowest BCUT2D eigenvalue weighted by molar-refractivity contribution is -0.141. The largest absolute Gasteiger partial charge is 0.480 e. The van der Waals surface area contributed by atoms with Gasteiger partial charge in [0.2, 0.25) is 11.8 Å². The van der Waals surface area contributed by atoms with Crippen LogP contribution in [-0.2, 0) is 14.4 Å². The number of carbonyl (C=O) groups is 3. The molecule has 0 aliphatic carbocycles.